The van der Waals surface area contributed by atoms with Gasteiger partial charge in [0.05, 0.1) is 5.58 Å². The Morgan fingerprint density at radius 2 is 1.56 bits per heavy atom. The zero-order valence-corrected chi connectivity index (χ0v) is 32.3. The van der Waals surface area contributed by atoms with E-state index in [0.717, 1.165) is 54.8 Å². The van der Waals surface area contributed by atoms with Crippen molar-refractivity contribution in [2.75, 3.05) is 0 Å². The second-order valence-corrected chi connectivity index (χ2v) is 23.5. The summed E-state index contributed by atoms with van der Waals surface area (Å²) in [5, 5.41) is 2.22. The maximum absolute atomic E-state index is 14.5. The average molecular weight is 876 g/mol. The van der Waals surface area contributed by atoms with Gasteiger partial charge >= 0.3 is 135 Å². The predicted octanol–water partition coefficient (Wildman–Crippen LogP) is 11.1. The third-order valence-electron chi connectivity index (χ3n) is 8.19. The molecule has 0 saturated heterocycles. The summed E-state index contributed by atoms with van der Waals surface area (Å²) in [6, 6.07) is 34.6. The maximum Gasteiger partial charge on any atom is 0 e. The topological polar surface area (TPSA) is 38.9 Å². The summed E-state index contributed by atoms with van der Waals surface area (Å²) >= 11 is -2.25. The number of aryl methyl sites for hydroxylation is 2. The first-order valence-corrected chi connectivity index (χ1v) is 22.9. The molecule has 0 unspecified atom stereocenters. The fourth-order valence-corrected chi connectivity index (χ4v) is 9.08. The summed E-state index contributed by atoms with van der Waals surface area (Å²) in [6.07, 6.45) is 3.70. The molecule has 0 fully saturated rings. The van der Waals surface area contributed by atoms with Crippen LogP contribution in [0.5, 0.6) is 0 Å². The number of hydrogen-bond donors (Lipinski definition) is 0. The number of nitrogens with zero attached hydrogens (tertiary/aromatic N) is 2. The van der Waals surface area contributed by atoms with Crippen molar-refractivity contribution in [1.29, 1.82) is 0 Å². The van der Waals surface area contributed by atoms with Crippen molar-refractivity contribution in [1.82, 2.24) is 9.97 Å². The van der Waals surface area contributed by atoms with E-state index in [1.54, 1.807) is 26.1 Å². The van der Waals surface area contributed by atoms with E-state index >= 15 is 0 Å². The number of halogens is 1. The third kappa shape index (κ3) is 7.39. The summed E-state index contributed by atoms with van der Waals surface area (Å²) in [4.78, 5) is 9.11. The van der Waals surface area contributed by atoms with Crippen molar-refractivity contribution >= 4 is 39.6 Å². The number of fused-ring (bicyclic) bond motifs is 3. The van der Waals surface area contributed by atoms with Crippen LogP contribution in [0.1, 0.15) is 41.9 Å². The van der Waals surface area contributed by atoms with Crippen LogP contribution in [0.15, 0.2) is 108 Å². The fraction of sp³-hybridized carbons (Fsp3) is 0.190. The van der Waals surface area contributed by atoms with E-state index in [9.17, 15) is 4.39 Å². The zero-order chi connectivity index (χ0) is 36.7. The van der Waals surface area contributed by atoms with Gasteiger partial charge in [0.1, 0.15) is 5.58 Å². The summed E-state index contributed by atoms with van der Waals surface area (Å²) in [5.74, 6) is 5.18. The molecule has 0 saturated carbocycles. The number of pyridine rings is 2. The van der Waals surface area contributed by atoms with Gasteiger partial charge in [-0.3, -0.25) is 0 Å². The first-order valence-electron chi connectivity index (χ1n) is 17.6. The first kappa shape index (κ1) is 30.2. The van der Waals surface area contributed by atoms with E-state index in [2.05, 4.69) is 71.6 Å². The number of rotatable bonds is 5. The molecule has 7 rings (SSSR count). The van der Waals surface area contributed by atoms with Crippen molar-refractivity contribution in [3.05, 3.63) is 138 Å². The average Bonchev–Trinajstić information content (AvgIpc) is 3.46. The molecule has 0 bridgehead atoms. The first-order chi connectivity index (χ1) is 24.0. The number of furan rings is 1. The van der Waals surface area contributed by atoms with Gasteiger partial charge in [-0.25, -0.2) is 0 Å². The SMILES string of the molecule is Cc1cc(-c2[c-]ccc3c2oc2ccccc23)ncc1-c1ccccc1.[2H]C([2H])([2H])c1c[c-]c(-c2cc(C([2H])(C)C)[c]([Ge]([CH3])([CH3])[CH3])cn2)c(F)c1.[Ir]. The number of para-hydroxylation sites is 1. The molecule has 0 aliphatic heterocycles. The Kier molecular flexibility index (Phi) is 9.24. The molecule has 0 aliphatic rings. The van der Waals surface area contributed by atoms with Crippen LogP contribution in [-0.2, 0) is 20.1 Å². The minimum atomic E-state index is -2.37. The molecule has 0 N–H and O–H groups in total. The second-order valence-electron chi connectivity index (χ2n) is 12.9. The number of benzene rings is 4. The molecular formula is C42H39FGeIrN2O-2. The molecule has 245 valence electrons. The van der Waals surface area contributed by atoms with Gasteiger partial charge in [0.15, 0.2) is 0 Å². The van der Waals surface area contributed by atoms with Crippen molar-refractivity contribution in [3.8, 4) is 33.6 Å². The van der Waals surface area contributed by atoms with E-state index < -0.39 is 31.8 Å². The third-order valence-corrected chi connectivity index (χ3v) is 12.4. The Bertz CT molecular complexity index is 2360. The van der Waals surface area contributed by atoms with Crippen LogP contribution in [0.4, 0.5) is 4.39 Å². The number of aromatic nitrogens is 2. The molecule has 48 heavy (non-hydrogen) atoms. The summed E-state index contributed by atoms with van der Waals surface area (Å²) in [6.45, 7) is 3.36. The number of hydrogen-bond acceptors (Lipinski definition) is 3. The minimum Gasteiger partial charge on any atom is 0 e. The van der Waals surface area contributed by atoms with Crippen LogP contribution < -0.4 is 4.40 Å². The van der Waals surface area contributed by atoms with Gasteiger partial charge < -0.3 is 9.40 Å². The van der Waals surface area contributed by atoms with Gasteiger partial charge in [-0.05, 0) is 29.8 Å². The molecular weight excluding hydrogens is 832 g/mol. The quantitative estimate of drug-likeness (QED) is 0.128. The summed E-state index contributed by atoms with van der Waals surface area (Å²) < 4.78 is 52.3. The van der Waals surface area contributed by atoms with Crippen LogP contribution in [0.3, 0.4) is 0 Å². The molecule has 1 radical (unpaired) electrons. The standard InChI is InChI=1S/C24H16NO.C18H23FGeN.Ir/c1-16-14-22(25-15-21(16)17-8-3-2-4-9-17)20-12-7-11-19-18-10-5-6-13-23(18)26-24(19)20;1-12(2)15-10-18(21-11-17(15)20(4,5)6)14-8-7-13(3)9-16(14)19;/h2-11,13-15H,1H3;7,9-12H,1-6H3;/q2*-1;/i;3D3,12D;. The van der Waals surface area contributed by atoms with Crippen LogP contribution in [0, 0.1) is 31.7 Å². The van der Waals surface area contributed by atoms with Gasteiger partial charge in [-0.15, -0.1) is 18.2 Å². The Morgan fingerprint density at radius 1 is 0.854 bits per heavy atom. The Labute approximate surface area is 305 Å². The van der Waals surface area contributed by atoms with E-state index in [4.69, 9.17) is 14.9 Å². The predicted molar refractivity (Wildman–Crippen MR) is 196 cm³/mol. The Balaban J connectivity index is 0.000000198. The van der Waals surface area contributed by atoms with Crippen molar-refractivity contribution in [2.24, 2.45) is 0 Å². The normalized spacial score (nSPS) is 13.1. The maximum atomic E-state index is 14.5. The molecule has 7 aromatic rings. The van der Waals surface area contributed by atoms with Crippen LogP contribution in [0.25, 0.3) is 55.6 Å². The van der Waals surface area contributed by atoms with Gasteiger partial charge in [0, 0.05) is 37.3 Å². The van der Waals surface area contributed by atoms with Crippen molar-refractivity contribution in [2.45, 2.75) is 50.8 Å². The van der Waals surface area contributed by atoms with Crippen molar-refractivity contribution in [3.63, 3.8) is 0 Å². The smallest absolute Gasteiger partial charge is 0 e. The van der Waals surface area contributed by atoms with Crippen LogP contribution in [-0.4, -0.2) is 23.2 Å². The molecule has 4 aromatic carbocycles. The van der Waals surface area contributed by atoms with E-state index in [1.165, 1.54) is 17.2 Å². The molecule has 3 nitrogen and oxygen atoms in total. The van der Waals surface area contributed by atoms with Gasteiger partial charge in [0.2, 0.25) is 0 Å². The van der Waals surface area contributed by atoms with E-state index in [0.29, 0.717) is 5.69 Å². The monoisotopic (exact) mass is 877 g/mol. The van der Waals surface area contributed by atoms with Gasteiger partial charge in [0.25, 0.3) is 0 Å². The van der Waals surface area contributed by atoms with E-state index in [1.807, 2.05) is 48.7 Å². The van der Waals surface area contributed by atoms with Crippen LogP contribution >= 0.6 is 0 Å². The second kappa shape index (κ2) is 14.7. The minimum absolute atomic E-state index is 0. The fourth-order valence-electron chi connectivity index (χ4n) is 5.76. The van der Waals surface area contributed by atoms with Gasteiger partial charge in [-0.2, -0.15) is 0 Å². The Hall–Kier alpha value is -3.90. The largest absolute Gasteiger partial charge is 0 e. The molecule has 0 amide bonds. The van der Waals surface area contributed by atoms with E-state index in [-0.39, 0.29) is 31.2 Å². The Morgan fingerprint density at radius 3 is 2.25 bits per heavy atom. The molecule has 3 aromatic heterocycles. The molecule has 0 aliphatic carbocycles. The van der Waals surface area contributed by atoms with Crippen LogP contribution in [0.2, 0.25) is 17.3 Å². The summed E-state index contributed by atoms with van der Waals surface area (Å²) in [5.41, 5.74) is 8.28. The zero-order valence-electron chi connectivity index (χ0n) is 31.8. The molecule has 3 heterocycles. The van der Waals surface area contributed by atoms with Gasteiger partial charge in [-0.1, -0.05) is 65.5 Å². The molecule has 6 heteroatoms. The molecule has 0 atom stereocenters. The molecule has 0 spiro atoms. The summed E-state index contributed by atoms with van der Waals surface area (Å²) in [7, 11) is 0. The van der Waals surface area contributed by atoms with Crippen molar-refractivity contribution < 1.29 is 34.4 Å².